The first kappa shape index (κ1) is 14.7. The highest BCUT2D eigenvalue weighted by atomic mass is 32.2. The summed E-state index contributed by atoms with van der Waals surface area (Å²) in [7, 11) is -3.73. The van der Waals surface area contributed by atoms with Gasteiger partial charge in [0, 0.05) is 31.1 Å². The third-order valence-corrected chi connectivity index (χ3v) is 5.62. The van der Waals surface area contributed by atoms with Crippen molar-refractivity contribution in [3.8, 4) is 0 Å². The average Bonchev–Trinajstić information content (AvgIpc) is 3.18. The van der Waals surface area contributed by atoms with Gasteiger partial charge in [-0.1, -0.05) is 6.07 Å². The molecule has 1 unspecified atom stereocenters. The van der Waals surface area contributed by atoms with Crippen molar-refractivity contribution in [1.29, 1.82) is 0 Å². The molecule has 1 saturated heterocycles. The van der Waals surface area contributed by atoms with Crippen molar-refractivity contribution in [2.75, 3.05) is 13.1 Å². The van der Waals surface area contributed by atoms with Gasteiger partial charge in [0.15, 0.2) is 0 Å². The third kappa shape index (κ3) is 2.62. The molecule has 0 N–H and O–H groups in total. The molecular formula is C14H14N2O5S. The Labute approximate surface area is 127 Å². The summed E-state index contributed by atoms with van der Waals surface area (Å²) in [6.45, 7) is 0.689. The molecule has 2 aromatic rings. The number of non-ortho nitro benzene ring substituents is 1. The summed E-state index contributed by atoms with van der Waals surface area (Å²) < 4.78 is 31.9. The van der Waals surface area contributed by atoms with Gasteiger partial charge in [0.1, 0.15) is 5.76 Å². The third-order valence-electron chi connectivity index (χ3n) is 3.76. The minimum absolute atomic E-state index is 0.0171. The van der Waals surface area contributed by atoms with Crippen LogP contribution in [0.2, 0.25) is 0 Å². The van der Waals surface area contributed by atoms with Crippen LogP contribution in [-0.2, 0) is 10.0 Å². The molecule has 1 fully saturated rings. The Kier molecular flexibility index (Phi) is 3.71. The SMILES string of the molecule is O=[N+]([O-])c1cccc(S(=O)(=O)N2CCC(c3ccco3)C2)c1. The van der Waals surface area contributed by atoms with E-state index in [4.69, 9.17) is 4.42 Å². The molecule has 0 bridgehead atoms. The van der Waals surface area contributed by atoms with E-state index in [1.165, 1.54) is 22.5 Å². The molecule has 7 nitrogen and oxygen atoms in total. The lowest BCUT2D eigenvalue weighted by Gasteiger charge is -2.16. The summed E-state index contributed by atoms with van der Waals surface area (Å²) in [5.74, 6) is 0.778. The molecular weight excluding hydrogens is 308 g/mol. The Morgan fingerprint density at radius 1 is 1.27 bits per heavy atom. The van der Waals surface area contributed by atoms with Gasteiger partial charge < -0.3 is 4.42 Å². The molecule has 0 amide bonds. The molecule has 22 heavy (non-hydrogen) atoms. The highest BCUT2D eigenvalue weighted by molar-refractivity contribution is 7.89. The Bertz CT molecular complexity index is 785. The van der Waals surface area contributed by atoms with E-state index in [0.717, 1.165) is 11.8 Å². The van der Waals surface area contributed by atoms with Gasteiger partial charge in [-0.25, -0.2) is 8.42 Å². The van der Waals surface area contributed by atoms with Crippen LogP contribution in [0.3, 0.4) is 0 Å². The average molecular weight is 322 g/mol. The van der Waals surface area contributed by atoms with E-state index < -0.39 is 14.9 Å². The van der Waals surface area contributed by atoms with E-state index in [2.05, 4.69) is 0 Å². The zero-order valence-corrected chi connectivity index (χ0v) is 12.4. The predicted octanol–water partition coefficient (Wildman–Crippen LogP) is 2.37. The van der Waals surface area contributed by atoms with Crippen molar-refractivity contribution >= 4 is 15.7 Å². The van der Waals surface area contributed by atoms with Gasteiger partial charge in [0.05, 0.1) is 16.1 Å². The summed E-state index contributed by atoms with van der Waals surface area (Å²) in [6.07, 6.45) is 2.23. The monoisotopic (exact) mass is 322 g/mol. The second-order valence-corrected chi connectivity index (χ2v) is 7.06. The van der Waals surface area contributed by atoms with Gasteiger partial charge >= 0.3 is 0 Å². The Balaban J connectivity index is 1.85. The number of sulfonamides is 1. The second-order valence-electron chi connectivity index (χ2n) is 5.12. The van der Waals surface area contributed by atoms with Crippen LogP contribution in [0, 0.1) is 10.1 Å². The molecule has 8 heteroatoms. The smallest absolute Gasteiger partial charge is 0.270 e. The van der Waals surface area contributed by atoms with Crippen molar-refractivity contribution in [2.24, 2.45) is 0 Å². The first-order valence-corrected chi connectivity index (χ1v) is 8.20. The fourth-order valence-electron chi connectivity index (χ4n) is 2.61. The van der Waals surface area contributed by atoms with Crippen LogP contribution >= 0.6 is 0 Å². The van der Waals surface area contributed by atoms with Crippen molar-refractivity contribution < 1.29 is 17.8 Å². The molecule has 1 aliphatic heterocycles. The zero-order chi connectivity index (χ0) is 15.7. The Hall–Kier alpha value is -2.19. The lowest BCUT2D eigenvalue weighted by Crippen LogP contribution is -2.28. The molecule has 116 valence electrons. The molecule has 0 spiro atoms. The van der Waals surface area contributed by atoms with Gasteiger partial charge in [-0.05, 0) is 24.6 Å². The van der Waals surface area contributed by atoms with Gasteiger partial charge in [0.2, 0.25) is 10.0 Å². The Morgan fingerprint density at radius 2 is 2.09 bits per heavy atom. The fraction of sp³-hybridized carbons (Fsp3) is 0.286. The number of furan rings is 1. The molecule has 0 aliphatic carbocycles. The van der Waals surface area contributed by atoms with E-state index in [1.54, 1.807) is 12.3 Å². The minimum atomic E-state index is -3.73. The van der Waals surface area contributed by atoms with E-state index in [1.807, 2.05) is 6.07 Å². The molecule has 2 heterocycles. The van der Waals surface area contributed by atoms with E-state index in [0.29, 0.717) is 19.5 Å². The molecule has 0 saturated carbocycles. The van der Waals surface area contributed by atoms with Crippen LogP contribution in [-0.4, -0.2) is 30.7 Å². The molecule has 1 aromatic carbocycles. The first-order valence-electron chi connectivity index (χ1n) is 6.76. The van der Waals surface area contributed by atoms with Crippen LogP contribution in [0.25, 0.3) is 0 Å². The zero-order valence-electron chi connectivity index (χ0n) is 11.6. The summed E-state index contributed by atoms with van der Waals surface area (Å²) in [5, 5.41) is 10.8. The van der Waals surface area contributed by atoms with Crippen molar-refractivity contribution in [3.63, 3.8) is 0 Å². The lowest BCUT2D eigenvalue weighted by molar-refractivity contribution is -0.385. The summed E-state index contributed by atoms with van der Waals surface area (Å²) in [6, 6.07) is 8.72. The number of nitrogens with zero attached hydrogens (tertiary/aromatic N) is 2. The van der Waals surface area contributed by atoms with Crippen molar-refractivity contribution in [3.05, 3.63) is 58.5 Å². The maximum absolute atomic E-state index is 12.6. The van der Waals surface area contributed by atoms with Crippen LogP contribution in [0.15, 0.2) is 52.0 Å². The normalized spacial score (nSPS) is 19.4. The van der Waals surface area contributed by atoms with Crippen molar-refractivity contribution in [1.82, 2.24) is 4.31 Å². The largest absolute Gasteiger partial charge is 0.469 e. The quantitative estimate of drug-likeness (QED) is 0.636. The van der Waals surface area contributed by atoms with E-state index >= 15 is 0 Å². The molecule has 1 atom stereocenters. The molecule has 3 rings (SSSR count). The number of nitro groups is 1. The van der Waals surface area contributed by atoms with Crippen molar-refractivity contribution in [2.45, 2.75) is 17.2 Å². The van der Waals surface area contributed by atoms with Gasteiger partial charge in [-0.2, -0.15) is 4.31 Å². The molecule has 0 radical (unpaired) electrons. The summed E-state index contributed by atoms with van der Waals surface area (Å²) in [4.78, 5) is 10.1. The fourth-order valence-corrected chi connectivity index (χ4v) is 4.15. The standard InChI is InChI=1S/C14H14N2O5S/c17-16(18)12-3-1-4-13(9-12)22(19,20)15-7-6-11(10-15)14-5-2-8-21-14/h1-5,8-9,11H,6-7,10H2. The van der Waals surface area contributed by atoms with Crippen LogP contribution in [0.1, 0.15) is 18.1 Å². The van der Waals surface area contributed by atoms with Crippen LogP contribution in [0.4, 0.5) is 5.69 Å². The van der Waals surface area contributed by atoms with E-state index in [-0.39, 0.29) is 16.5 Å². The minimum Gasteiger partial charge on any atom is -0.469 e. The maximum Gasteiger partial charge on any atom is 0.270 e. The Morgan fingerprint density at radius 3 is 2.77 bits per heavy atom. The lowest BCUT2D eigenvalue weighted by atomic mass is 10.1. The van der Waals surface area contributed by atoms with Gasteiger partial charge in [-0.3, -0.25) is 10.1 Å². The molecule has 1 aromatic heterocycles. The number of rotatable bonds is 4. The number of benzene rings is 1. The first-order chi connectivity index (χ1) is 10.5. The second kappa shape index (κ2) is 5.54. The predicted molar refractivity (Wildman–Crippen MR) is 77.9 cm³/mol. The highest BCUT2D eigenvalue weighted by Crippen LogP contribution is 2.31. The number of hydrogen-bond acceptors (Lipinski definition) is 5. The van der Waals surface area contributed by atoms with Crippen LogP contribution < -0.4 is 0 Å². The topological polar surface area (TPSA) is 93.7 Å². The molecule has 1 aliphatic rings. The summed E-state index contributed by atoms with van der Waals surface area (Å²) >= 11 is 0. The van der Waals surface area contributed by atoms with Crippen LogP contribution in [0.5, 0.6) is 0 Å². The van der Waals surface area contributed by atoms with Gasteiger partial charge in [-0.15, -0.1) is 0 Å². The maximum atomic E-state index is 12.6. The number of hydrogen-bond donors (Lipinski definition) is 0. The van der Waals surface area contributed by atoms with Gasteiger partial charge in [0.25, 0.3) is 5.69 Å². The number of nitro benzene ring substituents is 1. The van der Waals surface area contributed by atoms with E-state index in [9.17, 15) is 18.5 Å². The summed E-state index contributed by atoms with van der Waals surface area (Å²) in [5.41, 5.74) is -0.233. The highest BCUT2D eigenvalue weighted by Gasteiger charge is 2.34.